The van der Waals surface area contributed by atoms with Gasteiger partial charge in [-0.15, -0.1) is 0 Å². The molecule has 2 heterocycles. The number of hydrogen-bond donors (Lipinski definition) is 0. The van der Waals surface area contributed by atoms with Crippen LogP contribution in [0.4, 0.5) is 5.69 Å². The highest BCUT2D eigenvalue weighted by Crippen LogP contribution is 2.19. The lowest BCUT2D eigenvalue weighted by Crippen LogP contribution is -2.49. The van der Waals surface area contributed by atoms with E-state index in [1.165, 1.54) is 5.69 Å². The maximum Gasteiger partial charge on any atom is 0.227 e. The van der Waals surface area contributed by atoms with E-state index >= 15 is 0 Å². The molecule has 3 rings (SSSR count). The summed E-state index contributed by atoms with van der Waals surface area (Å²) in [5.41, 5.74) is 2.14. The summed E-state index contributed by atoms with van der Waals surface area (Å²) in [6.45, 7) is 3.24. The Bertz CT molecular complexity index is 652. The number of amides is 1. The van der Waals surface area contributed by atoms with Gasteiger partial charge in [-0.2, -0.15) is 0 Å². The Morgan fingerprint density at radius 3 is 2.48 bits per heavy atom. The third-order valence-corrected chi connectivity index (χ3v) is 4.23. The van der Waals surface area contributed by atoms with E-state index in [-0.39, 0.29) is 5.91 Å². The standard InChI is InChI=1S/C18H21N3O2/c1-23-17-5-3-2-4-15(17)14-18(22)21-12-10-20(11-13-21)16-6-8-19-9-7-16/h2-9H,10-14H2,1H3/p+1. The molecule has 1 aliphatic heterocycles. The molecule has 1 aromatic heterocycles. The zero-order valence-electron chi connectivity index (χ0n) is 13.4. The van der Waals surface area contributed by atoms with E-state index in [0.29, 0.717) is 6.42 Å². The molecule has 0 saturated carbocycles. The SMILES string of the molecule is COc1ccccc1CC(=O)N1CCN(c2cc[nH+]cc2)CC1. The van der Waals surface area contributed by atoms with Crippen molar-refractivity contribution in [3.8, 4) is 5.75 Å². The molecule has 1 aromatic carbocycles. The molecule has 0 unspecified atom stereocenters. The molecule has 1 aliphatic rings. The van der Waals surface area contributed by atoms with Gasteiger partial charge in [0.25, 0.3) is 0 Å². The van der Waals surface area contributed by atoms with Crippen LogP contribution in [-0.2, 0) is 11.2 Å². The number of para-hydroxylation sites is 1. The molecule has 0 spiro atoms. The third-order valence-electron chi connectivity index (χ3n) is 4.23. The van der Waals surface area contributed by atoms with E-state index in [9.17, 15) is 4.79 Å². The summed E-state index contributed by atoms with van der Waals surface area (Å²) in [4.78, 5) is 19.8. The van der Waals surface area contributed by atoms with E-state index in [4.69, 9.17) is 4.74 Å². The first-order valence-corrected chi connectivity index (χ1v) is 7.88. The second kappa shape index (κ2) is 7.13. The second-order valence-corrected chi connectivity index (χ2v) is 5.61. The molecular formula is C18H22N3O2+. The van der Waals surface area contributed by atoms with Gasteiger partial charge in [-0.3, -0.25) is 4.79 Å². The van der Waals surface area contributed by atoms with Gasteiger partial charge in [0.2, 0.25) is 5.91 Å². The second-order valence-electron chi connectivity index (χ2n) is 5.61. The number of piperazine rings is 1. The van der Waals surface area contributed by atoms with Crippen molar-refractivity contribution in [2.24, 2.45) is 0 Å². The predicted octanol–water partition coefficient (Wildman–Crippen LogP) is 1.40. The van der Waals surface area contributed by atoms with Crippen molar-refractivity contribution in [1.29, 1.82) is 0 Å². The van der Waals surface area contributed by atoms with Crippen LogP contribution in [-0.4, -0.2) is 44.1 Å². The summed E-state index contributed by atoms with van der Waals surface area (Å²) >= 11 is 0. The molecule has 1 saturated heterocycles. The van der Waals surface area contributed by atoms with Crippen molar-refractivity contribution in [2.75, 3.05) is 38.2 Å². The smallest absolute Gasteiger partial charge is 0.227 e. The van der Waals surface area contributed by atoms with Crippen LogP contribution < -0.4 is 14.6 Å². The summed E-state index contributed by atoms with van der Waals surface area (Å²) in [7, 11) is 1.64. The average Bonchev–Trinajstić information content (AvgIpc) is 2.63. The topological polar surface area (TPSA) is 46.9 Å². The van der Waals surface area contributed by atoms with Crippen LogP contribution in [0, 0.1) is 0 Å². The first kappa shape index (κ1) is 15.3. The number of aromatic amines is 1. The van der Waals surface area contributed by atoms with Gasteiger partial charge in [-0.1, -0.05) is 18.2 Å². The number of carbonyl (C=O) groups excluding carboxylic acids is 1. The molecule has 23 heavy (non-hydrogen) atoms. The van der Waals surface area contributed by atoms with Crippen LogP contribution in [0.15, 0.2) is 48.8 Å². The number of pyridine rings is 1. The van der Waals surface area contributed by atoms with Gasteiger partial charge in [-0.05, 0) is 6.07 Å². The number of nitrogens with one attached hydrogen (secondary N) is 1. The minimum atomic E-state index is 0.163. The molecule has 0 bridgehead atoms. The quantitative estimate of drug-likeness (QED) is 0.857. The van der Waals surface area contributed by atoms with E-state index < -0.39 is 0 Å². The third kappa shape index (κ3) is 3.62. The number of aromatic nitrogens is 1. The fourth-order valence-corrected chi connectivity index (χ4v) is 2.93. The predicted molar refractivity (Wildman–Crippen MR) is 88.5 cm³/mol. The minimum Gasteiger partial charge on any atom is -0.496 e. The number of methoxy groups -OCH3 is 1. The summed E-state index contributed by atoms with van der Waals surface area (Å²) in [6, 6.07) is 11.8. The van der Waals surface area contributed by atoms with Gasteiger partial charge in [-0.25, -0.2) is 4.98 Å². The van der Waals surface area contributed by atoms with Gasteiger partial charge in [0, 0.05) is 49.6 Å². The monoisotopic (exact) mass is 312 g/mol. The molecule has 0 aliphatic carbocycles. The average molecular weight is 312 g/mol. The Hall–Kier alpha value is -2.56. The largest absolute Gasteiger partial charge is 0.496 e. The number of benzene rings is 1. The van der Waals surface area contributed by atoms with Crippen LogP contribution in [0.2, 0.25) is 0 Å². The molecule has 2 aromatic rings. The van der Waals surface area contributed by atoms with Gasteiger partial charge < -0.3 is 14.5 Å². The van der Waals surface area contributed by atoms with E-state index in [2.05, 4.69) is 22.0 Å². The zero-order chi connectivity index (χ0) is 16.1. The number of nitrogens with zero attached hydrogens (tertiary/aromatic N) is 2. The van der Waals surface area contributed by atoms with E-state index in [0.717, 1.165) is 37.5 Å². The maximum atomic E-state index is 12.5. The molecule has 0 radical (unpaired) electrons. The normalized spacial score (nSPS) is 14.7. The van der Waals surface area contributed by atoms with Crippen LogP contribution in [0.25, 0.3) is 0 Å². The van der Waals surface area contributed by atoms with Crippen molar-refractivity contribution < 1.29 is 14.5 Å². The molecule has 1 amide bonds. The van der Waals surface area contributed by atoms with E-state index in [1.54, 1.807) is 7.11 Å². The Kier molecular flexibility index (Phi) is 4.76. The molecule has 0 atom stereocenters. The molecule has 1 N–H and O–H groups in total. The fourth-order valence-electron chi connectivity index (χ4n) is 2.93. The van der Waals surface area contributed by atoms with Gasteiger partial charge in [0.15, 0.2) is 12.4 Å². The fraction of sp³-hybridized carbons (Fsp3) is 0.333. The Morgan fingerprint density at radius 1 is 1.09 bits per heavy atom. The maximum absolute atomic E-state index is 12.5. The number of ether oxygens (including phenoxy) is 1. The number of carbonyl (C=O) groups is 1. The van der Waals surface area contributed by atoms with Crippen molar-refractivity contribution >= 4 is 11.6 Å². The number of H-pyrrole nitrogens is 1. The van der Waals surface area contributed by atoms with E-state index in [1.807, 2.05) is 41.6 Å². The van der Waals surface area contributed by atoms with Crippen molar-refractivity contribution in [2.45, 2.75) is 6.42 Å². The lowest BCUT2D eigenvalue weighted by Gasteiger charge is -2.36. The summed E-state index contributed by atoms with van der Waals surface area (Å²) in [6.07, 6.45) is 4.24. The lowest BCUT2D eigenvalue weighted by molar-refractivity contribution is -0.377. The van der Waals surface area contributed by atoms with Gasteiger partial charge in [0.05, 0.1) is 13.5 Å². The highest BCUT2D eigenvalue weighted by molar-refractivity contribution is 5.79. The molecule has 5 heteroatoms. The summed E-state index contributed by atoms with van der Waals surface area (Å²) in [5, 5.41) is 0. The summed E-state index contributed by atoms with van der Waals surface area (Å²) in [5.74, 6) is 0.940. The first-order chi connectivity index (χ1) is 11.3. The molecular weight excluding hydrogens is 290 g/mol. The Balaban J connectivity index is 1.58. The number of hydrogen-bond acceptors (Lipinski definition) is 3. The Morgan fingerprint density at radius 2 is 1.78 bits per heavy atom. The molecule has 1 fully saturated rings. The summed E-state index contributed by atoms with van der Waals surface area (Å²) < 4.78 is 5.33. The van der Waals surface area contributed by atoms with Crippen LogP contribution in [0.1, 0.15) is 5.56 Å². The van der Waals surface area contributed by atoms with Crippen LogP contribution in [0.3, 0.4) is 0 Å². The minimum absolute atomic E-state index is 0.163. The highest BCUT2D eigenvalue weighted by atomic mass is 16.5. The molecule has 5 nitrogen and oxygen atoms in total. The first-order valence-electron chi connectivity index (χ1n) is 7.88. The van der Waals surface area contributed by atoms with Gasteiger partial charge >= 0.3 is 0 Å². The number of anilines is 1. The molecule has 120 valence electrons. The van der Waals surface area contributed by atoms with Crippen molar-refractivity contribution in [3.63, 3.8) is 0 Å². The highest BCUT2D eigenvalue weighted by Gasteiger charge is 2.22. The zero-order valence-corrected chi connectivity index (χ0v) is 13.4. The van der Waals surface area contributed by atoms with Crippen molar-refractivity contribution in [3.05, 3.63) is 54.4 Å². The lowest BCUT2D eigenvalue weighted by atomic mass is 10.1. The van der Waals surface area contributed by atoms with Crippen molar-refractivity contribution in [1.82, 2.24) is 4.90 Å². The van der Waals surface area contributed by atoms with Crippen LogP contribution >= 0.6 is 0 Å². The number of rotatable bonds is 4. The Labute approximate surface area is 136 Å². The van der Waals surface area contributed by atoms with Crippen LogP contribution in [0.5, 0.6) is 5.75 Å². The van der Waals surface area contributed by atoms with Gasteiger partial charge in [0.1, 0.15) is 5.75 Å².